The van der Waals surface area contributed by atoms with Crippen molar-refractivity contribution in [1.29, 1.82) is 0 Å². The third-order valence-electron chi connectivity index (χ3n) is 5.50. The van der Waals surface area contributed by atoms with E-state index in [1.165, 1.54) is 11.5 Å². The van der Waals surface area contributed by atoms with Gasteiger partial charge in [-0.05, 0) is 37.4 Å². The largest absolute Gasteiger partial charge is 0.328 e. The van der Waals surface area contributed by atoms with Crippen molar-refractivity contribution >= 4 is 28.0 Å². The number of anilines is 2. The predicted octanol–water partition coefficient (Wildman–Crippen LogP) is 4.30. The lowest BCUT2D eigenvalue weighted by molar-refractivity contribution is -0.0405. The van der Waals surface area contributed by atoms with Gasteiger partial charge in [0.2, 0.25) is 5.92 Å². The van der Waals surface area contributed by atoms with Crippen molar-refractivity contribution < 1.29 is 8.78 Å². The van der Waals surface area contributed by atoms with Gasteiger partial charge >= 0.3 is 0 Å². The van der Waals surface area contributed by atoms with Crippen LogP contribution in [0, 0.1) is 6.92 Å². The monoisotopic (exact) mass is 444 g/mol. The summed E-state index contributed by atoms with van der Waals surface area (Å²) in [5.41, 5.74) is 4.28. The first-order valence-electron chi connectivity index (χ1n) is 10.1. The van der Waals surface area contributed by atoms with Crippen LogP contribution in [0.1, 0.15) is 37.1 Å². The summed E-state index contributed by atoms with van der Waals surface area (Å²) < 4.78 is 33.1. The molecule has 1 saturated carbocycles. The summed E-state index contributed by atoms with van der Waals surface area (Å²) in [4.78, 5) is 9.14. The molecule has 0 spiro atoms. The Bertz CT molecular complexity index is 1170. The van der Waals surface area contributed by atoms with Gasteiger partial charge in [-0.2, -0.15) is 9.47 Å². The van der Waals surface area contributed by atoms with E-state index in [9.17, 15) is 8.78 Å². The molecule has 0 aromatic carbocycles. The summed E-state index contributed by atoms with van der Waals surface area (Å²) in [6, 6.07) is 2.07. The van der Waals surface area contributed by atoms with Crippen LogP contribution in [0.5, 0.6) is 0 Å². The van der Waals surface area contributed by atoms with E-state index in [0.717, 1.165) is 27.6 Å². The van der Waals surface area contributed by atoms with Crippen molar-refractivity contribution in [2.24, 2.45) is 0 Å². The highest BCUT2D eigenvalue weighted by molar-refractivity contribution is 7.10. The van der Waals surface area contributed by atoms with Gasteiger partial charge in [0.05, 0.1) is 29.5 Å². The molecular weight excluding hydrogens is 422 g/mol. The fraction of sp³-hybridized carbons (Fsp3) is 0.400. The fourth-order valence-corrected chi connectivity index (χ4v) is 4.53. The van der Waals surface area contributed by atoms with Crippen LogP contribution in [0.2, 0.25) is 0 Å². The quantitative estimate of drug-likeness (QED) is 0.411. The van der Waals surface area contributed by atoms with E-state index in [2.05, 4.69) is 35.2 Å². The van der Waals surface area contributed by atoms with Crippen LogP contribution in [0.4, 0.5) is 19.6 Å². The van der Waals surface area contributed by atoms with Gasteiger partial charge in [-0.15, -0.1) is 0 Å². The molecule has 162 valence electrons. The molecule has 4 aromatic rings. The number of aryl methyl sites for hydroxylation is 1. The number of rotatable bonds is 6. The lowest BCUT2D eigenvalue weighted by Crippen LogP contribution is -2.36. The molecule has 0 unspecified atom stereocenters. The van der Waals surface area contributed by atoms with Crippen LogP contribution >= 0.6 is 11.5 Å². The number of hydrogen-bond acceptors (Lipinski definition) is 7. The standard InChI is InChI=1S/C20H22F2N8S/c1-12-11-30-16(13-7-25-26-8-13)10-24-19(30)18(27-12)28-17-6-15(29-31-17)9-23-14-2-4-20(21,22)5-3-14/h6-8,10-11,14,23H,2-5,9H2,1H3,(H,25,26)(H,27,28). The molecule has 0 bridgehead atoms. The van der Waals surface area contributed by atoms with Gasteiger partial charge in [0.15, 0.2) is 11.5 Å². The van der Waals surface area contributed by atoms with Crippen LogP contribution < -0.4 is 10.6 Å². The topological polar surface area (TPSA) is 95.8 Å². The smallest absolute Gasteiger partial charge is 0.248 e. The zero-order valence-corrected chi connectivity index (χ0v) is 17.7. The van der Waals surface area contributed by atoms with Gasteiger partial charge in [0.1, 0.15) is 5.00 Å². The zero-order valence-electron chi connectivity index (χ0n) is 16.9. The van der Waals surface area contributed by atoms with E-state index in [1.54, 1.807) is 12.4 Å². The van der Waals surface area contributed by atoms with Gasteiger partial charge in [-0.1, -0.05) is 0 Å². The number of alkyl halides is 2. The predicted molar refractivity (Wildman–Crippen MR) is 115 cm³/mol. The lowest BCUT2D eigenvalue weighted by Gasteiger charge is -2.28. The number of nitrogens with zero attached hydrogens (tertiary/aromatic N) is 5. The number of nitrogens with one attached hydrogen (secondary N) is 3. The maximum absolute atomic E-state index is 13.3. The highest BCUT2D eigenvalue weighted by atomic mass is 32.1. The number of aromatic amines is 1. The van der Waals surface area contributed by atoms with Gasteiger partial charge < -0.3 is 10.6 Å². The van der Waals surface area contributed by atoms with E-state index in [-0.39, 0.29) is 18.9 Å². The Kier molecular flexibility index (Phi) is 5.14. The average molecular weight is 445 g/mol. The van der Waals surface area contributed by atoms with Gasteiger partial charge in [-0.3, -0.25) is 9.50 Å². The van der Waals surface area contributed by atoms with Crippen molar-refractivity contribution in [3.63, 3.8) is 0 Å². The molecule has 5 rings (SSSR count). The Labute approximate surface area is 181 Å². The van der Waals surface area contributed by atoms with Crippen molar-refractivity contribution in [1.82, 2.24) is 34.3 Å². The van der Waals surface area contributed by atoms with E-state index in [4.69, 9.17) is 0 Å². The Morgan fingerprint density at radius 2 is 2.13 bits per heavy atom. The van der Waals surface area contributed by atoms with Gasteiger partial charge in [0, 0.05) is 43.4 Å². The Morgan fingerprint density at radius 1 is 1.29 bits per heavy atom. The minimum Gasteiger partial charge on any atom is -0.328 e. The molecular formula is C20H22F2N8S. The van der Waals surface area contributed by atoms with Crippen LogP contribution in [-0.4, -0.2) is 40.9 Å². The minimum atomic E-state index is -2.51. The van der Waals surface area contributed by atoms with Crippen molar-refractivity contribution in [2.75, 3.05) is 5.32 Å². The number of H-pyrrole nitrogens is 1. The Balaban J connectivity index is 1.29. The number of fused-ring (bicyclic) bond motifs is 1. The Morgan fingerprint density at radius 3 is 2.90 bits per heavy atom. The summed E-state index contributed by atoms with van der Waals surface area (Å²) >= 11 is 1.34. The molecule has 0 saturated heterocycles. The lowest BCUT2D eigenvalue weighted by atomic mass is 9.92. The van der Waals surface area contributed by atoms with Crippen LogP contribution in [0.15, 0.2) is 30.9 Å². The second-order valence-corrected chi connectivity index (χ2v) is 8.68. The van der Waals surface area contributed by atoms with Crippen LogP contribution in [0.25, 0.3) is 16.9 Å². The molecule has 3 N–H and O–H groups in total. The highest BCUT2D eigenvalue weighted by Gasteiger charge is 2.34. The van der Waals surface area contributed by atoms with E-state index in [1.807, 2.05) is 29.8 Å². The molecule has 11 heteroatoms. The molecule has 4 aromatic heterocycles. The van der Waals surface area contributed by atoms with Crippen LogP contribution in [0.3, 0.4) is 0 Å². The van der Waals surface area contributed by atoms with Crippen LogP contribution in [-0.2, 0) is 6.54 Å². The van der Waals surface area contributed by atoms with E-state index >= 15 is 0 Å². The number of hydrogen-bond donors (Lipinski definition) is 3. The van der Waals surface area contributed by atoms with Crippen molar-refractivity contribution in [3.8, 4) is 11.3 Å². The summed E-state index contributed by atoms with van der Waals surface area (Å²) in [7, 11) is 0. The third kappa shape index (κ3) is 4.28. The maximum atomic E-state index is 13.3. The van der Waals surface area contributed by atoms with Gasteiger partial charge in [0.25, 0.3) is 0 Å². The van der Waals surface area contributed by atoms with Crippen molar-refractivity contribution in [3.05, 3.63) is 42.2 Å². The highest BCUT2D eigenvalue weighted by Crippen LogP contribution is 2.33. The fourth-order valence-electron chi connectivity index (χ4n) is 3.86. The number of imidazole rings is 1. The molecule has 31 heavy (non-hydrogen) atoms. The second-order valence-electron chi connectivity index (χ2n) is 7.87. The summed E-state index contributed by atoms with van der Waals surface area (Å²) in [5, 5.41) is 14.4. The zero-order chi connectivity index (χ0) is 21.4. The van der Waals surface area contributed by atoms with Crippen molar-refractivity contribution in [2.45, 2.75) is 51.1 Å². The molecule has 0 amide bonds. The molecule has 1 aliphatic carbocycles. The summed E-state index contributed by atoms with van der Waals surface area (Å²) in [6.07, 6.45) is 8.19. The second kappa shape index (κ2) is 7.97. The molecule has 0 aliphatic heterocycles. The normalized spacial score (nSPS) is 16.7. The molecule has 0 radical (unpaired) electrons. The Hall–Kier alpha value is -2.92. The third-order valence-corrected chi connectivity index (χ3v) is 6.24. The first-order valence-corrected chi connectivity index (χ1v) is 10.9. The SMILES string of the molecule is Cc1cn2c(-c3cn[nH]c3)cnc2c(Nc2cc(CNC3CCC(F)(F)CC3)ns2)n1. The summed E-state index contributed by atoms with van der Waals surface area (Å²) in [6.45, 7) is 2.48. The first kappa shape index (κ1) is 20.0. The molecule has 4 heterocycles. The molecule has 8 nitrogen and oxygen atoms in total. The number of aromatic nitrogens is 6. The first-order chi connectivity index (χ1) is 15.0. The van der Waals surface area contributed by atoms with E-state index in [0.29, 0.717) is 30.9 Å². The maximum Gasteiger partial charge on any atom is 0.248 e. The average Bonchev–Trinajstić information content (AvgIpc) is 3.47. The molecule has 1 fully saturated rings. The van der Waals surface area contributed by atoms with Gasteiger partial charge in [-0.25, -0.2) is 18.7 Å². The molecule has 0 atom stereocenters. The number of halogens is 2. The minimum absolute atomic E-state index is 0.0469. The van der Waals surface area contributed by atoms with E-state index < -0.39 is 5.92 Å². The molecule has 1 aliphatic rings. The summed E-state index contributed by atoms with van der Waals surface area (Å²) in [5.74, 6) is -1.86.